The number of nitrogens with one attached hydrogen (secondary N) is 1. The van der Waals surface area contributed by atoms with Crippen molar-refractivity contribution >= 4 is 11.9 Å². The molecule has 22 heavy (non-hydrogen) atoms. The number of benzene rings is 1. The van der Waals surface area contributed by atoms with Crippen LogP contribution in [0.25, 0.3) is 0 Å². The number of alkyl halides is 2. The second-order valence-corrected chi connectivity index (χ2v) is 5.66. The fourth-order valence-electron chi connectivity index (χ4n) is 2.77. The van der Waals surface area contributed by atoms with Gasteiger partial charge in [-0.25, -0.2) is 8.78 Å². The van der Waals surface area contributed by atoms with Crippen LogP contribution in [-0.4, -0.2) is 17.0 Å². The molecule has 6 heteroatoms. The van der Waals surface area contributed by atoms with Gasteiger partial charge >= 0.3 is 5.97 Å². The highest BCUT2D eigenvalue weighted by molar-refractivity contribution is 5.80. The predicted octanol–water partition coefficient (Wildman–Crippen LogP) is 3.13. The first-order valence-corrected chi connectivity index (χ1v) is 7.35. The minimum absolute atomic E-state index is 0.0494. The number of hydrogen-bond donors (Lipinski definition) is 2. The quantitative estimate of drug-likeness (QED) is 0.878. The van der Waals surface area contributed by atoms with Crippen LogP contribution in [-0.2, 0) is 16.1 Å². The van der Waals surface area contributed by atoms with E-state index in [1.807, 2.05) is 0 Å². The van der Waals surface area contributed by atoms with Crippen molar-refractivity contribution in [2.45, 2.75) is 38.7 Å². The molecule has 2 rings (SSSR count). The molecule has 0 saturated heterocycles. The molecule has 0 radical (unpaired) electrons. The lowest BCUT2D eigenvalue weighted by Gasteiger charge is -2.25. The van der Waals surface area contributed by atoms with Crippen LogP contribution in [0.3, 0.4) is 0 Å². The highest BCUT2D eigenvalue weighted by Gasteiger charge is 2.30. The minimum atomic E-state index is -2.50. The average Bonchev–Trinajstić information content (AvgIpc) is 2.53. The van der Waals surface area contributed by atoms with Crippen LogP contribution < -0.4 is 5.32 Å². The Hall–Kier alpha value is -1.98. The monoisotopic (exact) mass is 311 g/mol. The summed E-state index contributed by atoms with van der Waals surface area (Å²) in [6.07, 6.45) is -0.0866. The summed E-state index contributed by atoms with van der Waals surface area (Å²) >= 11 is 0. The first-order valence-electron chi connectivity index (χ1n) is 7.35. The van der Waals surface area contributed by atoms with E-state index in [4.69, 9.17) is 5.11 Å². The average molecular weight is 311 g/mol. The molecule has 2 atom stereocenters. The fourth-order valence-corrected chi connectivity index (χ4v) is 2.77. The zero-order valence-electron chi connectivity index (χ0n) is 12.1. The number of carboxylic acids is 1. The molecule has 0 aliphatic heterocycles. The van der Waals surface area contributed by atoms with Crippen molar-refractivity contribution in [3.8, 4) is 0 Å². The Bertz CT molecular complexity index is 531. The number of carbonyl (C=O) groups excluding carboxylic acids is 1. The molecule has 1 amide bonds. The number of carbonyl (C=O) groups is 2. The van der Waals surface area contributed by atoms with Crippen molar-refractivity contribution in [3.63, 3.8) is 0 Å². The van der Waals surface area contributed by atoms with Crippen molar-refractivity contribution in [1.29, 1.82) is 0 Å². The van der Waals surface area contributed by atoms with Gasteiger partial charge in [-0.2, -0.15) is 0 Å². The molecule has 120 valence electrons. The summed E-state index contributed by atoms with van der Waals surface area (Å²) in [5.41, 5.74) is 0.690. The van der Waals surface area contributed by atoms with Gasteiger partial charge in [0.15, 0.2) is 0 Å². The minimum Gasteiger partial charge on any atom is -0.481 e. The van der Waals surface area contributed by atoms with Crippen LogP contribution in [0.2, 0.25) is 0 Å². The normalized spacial score (nSPS) is 21.6. The van der Waals surface area contributed by atoms with E-state index in [0.717, 1.165) is 12.0 Å². The van der Waals surface area contributed by atoms with Gasteiger partial charge in [0, 0.05) is 18.0 Å². The number of rotatable bonds is 5. The topological polar surface area (TPSA) is 66.4 Å². The largest absolute Gasteiger partial charge is 0.481 e. The Morgan fingerprint density at radius 2 is 1.82 bits per heavy atom. The third-order valence-electron chi connectivity index (χ3n) is 4.09. The maximum Gasteiger partial charge on any atom is 0.306 e. The van der Waals surface area contributed by atoms with Gasteiger partial charge in [-0.3, -0.25) is 9.59 Å². The van der Waals surface area contributed by atoms with E-state index in [2.05, 4.69) is 5.32 Å². The van der Waals surface area contributed by atoms with Crippen LogP contribution in [0.1, 0.15) is 43.2 Å². The molecule has 2 unspecified atom stereocenters. The van der Waals surface area contributed by atoms with Gasteiger partial charge in [0.05, 0.1) is 5.92 Å². The molecule has 1 fully saturated rings. The molecule has 1 aliphatic rings. The maximum absolute atomic E-state index is 12.4. The molecule has 0 bridgehead atoms. The van der Waals surface area contributed by atoms with Gasteiger partial charge in [0.25, 0.3) is 6.43 Å². The molecule has 4 nitrogen and oxygen atoms in total. The molecule has 2 N–H and O–H groups in total. The standard InChI is InChI=1S/C16H19F2NO3/c17-14(18)11-6-4-10(5-7-11)9-19-15(20)12-2-1-3-13(8-12)16(21)22/h4-7,12-14H,1-3,8-9H2,(H,19,20)(H,21,22). The summed E-state index contributed by atoms with van der Waals surface area (Å²) in [6, 6.07) is 5.80. The van der Waals surface area contributed by atoms with Gasteiger partial charge in [0.2, 0.25) is 5.91 Å². The zero-order chi connectivity index (χ0) is 16.1. The van der Waals surface area contributed by atoms with E-state index in [-0.39, 0.29) is 23.9 Å². The van der Waals surface area contributed by atoms with Crippen molar-refractivity contribution in [3.05, 3.63) is 35.4 Å². The van der Waals surface area contributed by atoms with E-state index in [1.165, 1.54) is 12.1 Å². The summed E-state index contributed by atoms with van der Waals surface area (Å²) in [5.74, 6) is -1.74. The fraction of sp³-hybridized carbons (Fsp3) is 0.500. The van der Waals surface area contributed by atoms with Gasteiger partial charge in [-0.1, -0.05) is 30.7 Å². The molecular weight excluding hydrogens is 292 g/mol. The lowest BCUT2D eigenvalue weighted by atomic mass is 9.81. The van der Waals surface area contributed by atoms with Crippen molar-refractivity contribution in [2.24, 2.45) is 11.8 Å². The van der Waals surface area contributed by atoms with Gasteiger partial charge in [-0.05, 0) is 24.8 Å². The smallest absolute Gasteiger partial charge is 0.306 e. The van der Waals surface area contributed by atoms with Gasteiger partial charge in [0.1, 0.15) is 0 Å². The van der Waals surface area contributed by atoms with E-state index in [1.54, 1.807) is 12.1 Å². The molecule has 1 aliphatic carbocycles. The number of aliphatic carboxylic acids is 1. The molecular formula is C16H19F2NO3. The Labute approximate surface area is 127 Å². The number of hydrogen-bond acceptors (Lipinski definition) is 2. The highest BCUT2D eigenvalue weighted by Crippen LogP contribution is 2.29. The van der Waals surface area contributed by atoms with E-state index >= 15 is 0 Å². The summed E-state index contributed by atoms with van der Waals surface area (Å²) in [6.45, 7) is 0.261. The predicted molar refractivity (Wildman–Crippen MR) is 76.3 cm³/mol. The van der Waals surface area contributed by atoms with Crippen LogP contribution in [0.5, 0.6) is 0 Å². The Morgan fingerprint density at radius 3 is 2.41 bits per heavy atom. The van der Waals surface area contributed by atoms with E-state index in [9.17, 15) is 18.4 Å². The summed E-state index contributed by atoms with van der Waals surface area (Å²) in [7, 11) is 0. The number of amides is 1. The molecule has 0 heterocycles. The zero-order valence-corrected chi connectivity index (χ0v) is 12.1. The van der Waals surface area contributed by atoms with Crippen molar-refractivity contribution in [2.75, 3.05) is 0 Å². The third kappa shape index (κ3) is 4.26. The molecule has 0 spiro atoms. The van der Waals surface area contributed by atoms with Gasteiger partial charge in [-0.15, -0.1) is 0 Å². The van der Waals surface area contributed by atoms with Crippen molar-refractivity contribution in [1.82, 2.24) is 5.32 Å². The van der Waals surface area contributed by atoms with E-state index < -0.39 is 18.3 Å². The maximum atomic E-state index is 12.4. The SMILES string of the molecule is O=C(O)C1CCCC(C(=O)NCc2ccc(C(F)F)cc2)C1. The summed E-state index contributed by atoms with van der Waals surface area (Å²) in [4.78, 5) is 23.1. The molecule has 0 aromatic heterocycles. The molecule has 1 aromatic rings. The first-order chi connectivity index (χ1) is 10.5. The van der Waals surface area contributed by atoms with Crippen molar-refractivity contribution < 1.29 is 23.5 Å². The molecule has 1 aromatic carbocycles. The third-order valence-corrected chi connectivity index (χ3v) is 4.09. The lowest BCUT2D eigenvalue weighted by molar-refractivity contribution is -0.144. The van der Waals surface area contributed by atoms with Crippen LogP contribution in [0.4, 0.5) is 8.78 Å². The van der Waals surface area contributed by atoms with E-state index in [0.29, 0.717) is 19.3 Å². The van der Waals surface area contributed by atoms with Crippen LogP contribution in [0.15, 0.2) is 24.3 Å². The van der Waals surface area contributed by atoms with Gasteiger partial charge < -0.3 is 10.4 Å². The first kappa shape index (κ1) is 16.4. The molecule has 1 saturated carbocycles. The number of halogens is 2. The lowest BCUT2D eigenvalue weighted by Crippen LogP contribution is -2.35. The summed E-state index contributed by atoms with van der Waals surface area (Å²) < 4.78 is 24.9. The second kappa shape index (κ2) is 7.33. The highest BCUT2D eigenvalue weighted by atomic mass is 19.3. The Morgan fingerprint density at radius 1 is 1.18 bits per heavy atom. The Balaban J connectivity index is 1.85. The Kier molecular flexibility index (Phi) is 5.46. The second-order valence-electron chi connectivity index (χ2n) is 5.66. The summed E-state index contributed by atoms with van der Waals surface area (Å²) in [5, 5.41) is 11.8. The van der Waals surface area contributed by atoms with Crippen LogP contribution >= 0.6 is 0 Å². The number of carboxylic acid groups (broad SMARTS) is 1. The van der Waals surface area contributed by atoms with Crippen LogP contribution in [0, 0.1) is 11.8 Å².